The van der Waals surface area contributed by atoms with Crippen molar-refractivity contribution in [2.45, 2.75) is 90.1 Å². The highest BCUT2D eigenvalue weighted by atomic mass is 16.6. The van der Waals surface area contributed by atoms with Gasteiger partial charge in [-0.3, -0.25) is 4.79 Å². The molecule has 0 radical (unpaired) electrons. The molecule has 0 amide bonds. The van der Waals surface area contributed by atoms with E-state index in [1.165, 1.54) is 11.1 Å². The average molecular weight is 495 g/mol. The molecule has 0 aromatic rings. The third kappa shape index (κ3) is 2.47. The van der Waals surface area contributed by atoms with Gasteiger partial charge < -0.3 is 19.7 Å². The zero-order valence-electron chi connectivity index (χ0n) is 21.6. The molecule has 2 bridgehead atoms. The van der Waals surface area contributed by atoms with Crippen LogP contribution in [0.3, 0.4) is 0 Å². The molecule has 36 heavy (non-hydrogen) atoms. The number of allylic oxidation sites excluding steroid dienone is 2. The molecule has 7 rings (SSSR count). The summed E-state index contributed by atoms with van der Waals surface area (Å²) in [6, 6.07) is 0. The summed E-state index contributed by atoms with van der Waals surface area (Å²) in [4.78, 5) is 26.4. The van der Waals surface area contributed by atoms with Crippen molar-refractivity contribution in [3.63, 3.8) is 0 Å². The Bertz CT molecular complexity index is 1150. The molecule has 2 N–H and O–H groups in total. The van der Waals surface area contributed by atoms with Crippen molar-refractivity contribution in [1.29, 1.82) is 0 Å². The zero-order valence-corrected chi connectivity index (χ0v) is 21.6. The number of esters is 2. The second-order valence-electron chi connectivity index (χ2n) is 13.6. The van der Waals surface area contributed by atoms with Crippen LogP contribution >= 0.6 is 0 Å². The summed E-state index contributed by atoms with van der Waals surface area (Å²) < 4.78 is 12.0. The fraction of sp³-hybridized carbons (Fsp3) is 0.733. The maximum absolute atomic E-state index is 14.0. The SMILES string of the molecule is C=C1C(=O)O[C@H]2C[C@@H](C)C3=C(C[C@H]12)[C@@]1(C)C[C@@H]3C[C@@]12C(=O)O[C@@H]1C[C@@]3(C)[C@@H](O)C[C@@H](O)C(=C)[C@@H]3C[C@@H]12. The van der Waals surface area contributed by atoms with Gasteiger partial charge in [-0.05, 0) is 61.9 Å². The standard InChI is InChI=1S/C30H38O6/c1-13-6-22-17(14(2)26(33)35-22)7-20-25(13)16-10-29(20,5)30(11-16)19-8-18-15(3)21(31)9-24(32)28(18,4)12-23(19)36-27(30)34/h13,16-19,21-24,31-32H,2-3,6-12H2,1,4-5H3/t13-,16-,17-,18+,19+,21-,22+,23-,24+,28-,29-,30-/m1/s1. The largest absolute Gasteiger partial charge is 0.462 e. The fourth-order valence-corrected chi connectivity index (χ4v) is 10.5. The highest BCUT2D eigenvalue weighted by Gasteiger charge is 2.76. The van der Waals surface area contributed by atoms with Crippen LogP contribution in [0.4, 0.5) is 0 Å². The summed E-state index contributed by atoms with van der Waals surface area (Å²) in [5, 5.41) is 21.6. The number of fused-ring (bicyclic) bond motifs is 9. The van der Waals surface area contributed by atoms with Gasteiger partial charge in [-0.15, -0.1) is 0 Å². The summed E-state index contributed by atoms with van der Waals surface area (Å²) in [5.74, 6) is 0.259. The molecular weight excluding hydrogens is 456 g/mol. The van der Waals surface area contributed by atoms with E-state index < -0.39 is 23.0 Å². The van der Waals surface area contributed by atoms with E-state index in [2.05, 4.69) is 33.9 Å². The second kappa shape index (κ2) is 6.93. The van der Waals surface area contributed by atoms with E-state index in [0.717, 1.165) is 31.3 Å². The molecule has 0 aromatic heterocycles. The van der Waals surface area contributed by atoms with Crippen molar-refractivity contribution in [3.8, 4) is 0 Å². The predicted molar refractivity (Wildman–Crippen MR) is 131 cm³/mol. The number of hydrogen-bond acceptors (Lipinski definition) is 6. The highest BCUT2D eigenvalue weighted by molar-refractivity contribution is 5.91. The third-order valence-electron chi connectivity index (χ3n) is 12.3. The molecule has 12 atom stereocenters. The maximum Gasteiger partial charge on any atom is 0.334 e. The van der Waals surface area contributed by atoms with Gasteiger partial charge in [0.15, 0.2) is 0 Å². The Labute approximate surface area is 212 Å². The lowest BCUT2D eigenvalue weighted by molar-refractivity contribution is -0.154. The molecule has 2 aliphatic heterocycles. The van der Waals surface area contributed by atoms with E-state index in [4.69, 9.17) is 9.47 Å². The summed E-state index contributed by atoms with van der Waals surface area (Å²) in [5.41, 5.74) is 2.82. The molecule has 3 saturated carbocycles. The van der Waals surface area contributed by atoms with E-state index in [-0.39, 0.29) is 47.3 Å². The van der Waals surface area contributed by atoms with Crippen LogP contribution in [0.1, 0.15) is 65.7 Å². The van der Waals surface area contributed by atoms with Gasteiger partial charge in [0.1, 0.15) is 12.2 Å². The van der Waals surface area contributed by atoms with Crippen molar-refractivity contribution < 1.29 is 29.3 Å². The van der Waals surface area contributed by atoms with Crippen LogP contribution in [0, 0.1) is 45.8 Å². The summed E-state index contributed by atoms with van der Waals surface area (Å²) >= 11 is 0. The number of aliphatic hydroxyl groups excluding tert-OH is 2. The maximum atomic E-state index is 14.0. The molecule has 0 unspecified atom stereocenters. The molecule has 1 spiro atoms. The summed E-state index contributed by atoms with van der Waals surface area (Å²) in [6.07, 6.45) is 3.22. The lowest BCUT2D eigenvalue weighted by Crippen LogP contribution is -2.57. The minimum atomic E-state index is -0.709. The van der Waals surface area contributed by atoms with Gasteiger partial charge in [0.05, 0.1) is 17.6 Å². The monoisotopic (exact) mass is 494 g/mol. The quantitative estimate of drug-likeness (QED) is 0.302. The second-order valence-corrected chi connectivity index (χ2v) is 13.6. The Balaban J connectivity index is 1.30. The van der Waals surface area contributed by atoms with Crippen molar-refractivity contribution in [2.75, 3.05) is 0 Å². The molecule has 5 aliphatic carbocycles. The van der Waals surface area contributed by atoms with E-state index in [1.54, 1.807) is 0 Å². The minimum absolute atomic E-state index is 0.0213. The van der Waals surface area contributed by atoms with E-state index >= 15 is 0 Å². The van der Waals surface area contributed by atoms with Gasteiger partial charge in [-0.1, -0.05) is 45.1 Å². The molecule has 2 heterocycles. The lowest BCUT2D eigenvalue weighted by atomic mass is 9.47. The molecule has 7 aliphatic rings. The molecule has 5 fully saturated rings. The predicted octanol–water partition coefficient (Wildman–Crippen LogP) is 3.87. The van der Waals surface area contributed by atoms with Crippen molar-refractivity contribution in [3.05, 3.63) is 35.5 Å². The van der Waals surface area contributed by atoms with E-state index in [9.17, 15) is 19.8 Å². The third-order valence-corrected chi connectivity index (χ3v) is 12.3. The number of hydrogen-bond donors (Lipinski definition) is 2. The van der Waals surface area contributed by atoms with Crippen LogP contribution in [-0.4, -0.2) is 46.6 Å². The first-order chi connectivity index (χ1) is 16.9. The van der Waals surface area contributed by atoms with Crippen LogP contribution in [0.2, 0.25) is 0 Å². The summed E-state index contributed by atoms with van der Waals surface area (Å²) in [6.45, 7) is 14.9. The van der Waals surface area contributed by atoms with Crippen LogP contribution in [-0.2, 0) is 19.1 Å². The first kappa shape index (κ1) is 23.2. The van der Waals surface area contributed by atoms with Gasteiger partial charge >= 0.3 is 11.9 Å². The number of aliphatic hydroxyl groups is 2. The van der Waals surface area contributed by atoms with Crippen LogP contribution in [0.15, 0.2) is 35.5 Å². The molecular formula is C30H38O6. The van der Waals surface area contributed by atoms with Crippen molar-refractivity contribution in [2.24, 2.45) is 45.8 Å². The number of ether oxygens (including phenoxy) is 2. The van der Waals surface area contributed by atoms with Crippen LogP contribution in [0.5, 0.6) is 0 Å². The number of carbonyl (C=O) groups is 2. The lowest BCUT2D eigenvalue weighted by Gasteiger charge is -2.56. The topological polar surface area (TPSA) is 93.1 Å². The van der Waals surface area contributed by atoms with Gasteiger partial charge in [0, 0.05) is 34.7 Å². The van der Waals surface area contributed by atoms with Gasteiger partial charge in [0.2, 0.25) is 0 Å². The smallest absolute Gasteiger partial charge is 0.334 e. The first-order valence-corrected chi connectivity index (χ1v) is 13.8. The Morgan fingerprint density at radius 2 is 1.72 bits per heavy atom. The Hall–Kier alpha value is -1.92. The number of rotatable bonds is 0. The minimum Gasteiger partial charge on any atom is -0.462 e. The van der Waals surface area contributed by atoms with E-state index in [0.29, 0.717) is 36.7 Å². The first-order valence-electron chi connectivity index (χ1n) is 13.8. The fourth-order valence-electron chi connectivity index (χ4n) is 10.5. The van der Waals surface area contributed by atoms with Gasteiger partial charge in [-0.2, -0.15) is 0 Å². The van der Waals surface area contributed by atoms with Crippen molar-refractivity contribution >= 4 is 11.9 Å². The Kier molecular flexibility index (Phi) is 4.47. The number of carbonyl (C=O) groups excluding carboxylic acids is 2. The van der Waals surface area contributed by atoms with Crippen LogP contribution in [0.25, 0.3) is 0 Å². The molecule has 6 heteroatoms. The normalized spacial score (nSPS) is 55.2. The summed E-state index contributed by atoms with van der Waals surface area (Å²) in [7, 11) is 0. The van der Waals surface area contributed by atoms with Gasteiger partial charge in [-0.25, -0.2) is 4.79 Å². The highest BCUT2D eigenvalue weighted by Crippen LogP contribution is 2.76. The Morgan fingerprint density at radius 1 is 0.972 bits per heavy atom. The van der Waals surface area contributed by atoms with Gasteiger partial charge in [0.25, 0.3) is 0 Å². The molecule has 0 aromatic carbocycles. The molecule has 6 nitrogen and oxygen atoms in total. The molecule has 2 saturated heterocycles. The Morgan fingerprint density at radius 3 is 2.47 bits per heavy atom. The van der Waals surface area contributed by atoms with Crippen molar-refractivity contribution in [1.82, 2.24) is 0 Å². The van der Waals surface area contributed by atoms with Crippen LogP contribution < -0.4 is 0 Å². The van der Waals surface area contributed by atoms with E-state index in [1.807, 2.05) is 0 Å². The molecule has 194 valence electrons. The zero-order chi connectivity index (χ0) is 25.5. The average Bonchev–Trinajstić information content (AvgIpc) is 3.41.